The van der Waals surface area contributed by atoms with Gasteiger partial charge in [-0.05, 0) is 33.1 Å². The maximum Gasteiger partial charge on any atom is 0.161 e. The summed E-state index contributed by atoms with van der Waals surface area (Å²) in [5.74, 6) is 0.716. The number of halogens is 1. The third kappa shape index (κ3) is 3.52. The number of benzene rings is 3. The van der Waals surface area contributed by atoms with Crippen LogP contribution in [0.1, 0.15) is 0 Å². The normalized spacial score (nSPS) is 10.6. The molecule has 0 aliphatic rings. The molecule has 25 heavy (non-hydrogen) atoms. The molecule has 0 radical (unpaired) electrons. The summed E-state index contributed by atoms with van der Waals surface area (Å²) in [5.41, 5.74) is 5.37. The fourth-order valence-electron chi connectivity index (χ4n) is 2.75. The maximum atomic E-state index is 4.74. The van der Waals surface area contributed by atoms with Crippen LogP contribution in [0.4, 0.5) is 0 Å². The first-order chi connectivity index (χ1) is 12.3. The fraction of sp³-hybridized carbons (Fsp3) is 0. The fourth-order valence-corrected chi connectivity index (χ4v) is 3.13. The highest BCUT2D eigenvalue weighted by Gasteiger charge is 2.08. The lowest BCUT2D eigenvalue weighted by Gasteiger charge is -2.07. The molecule has 0 N–H and O–H groups in total. The molecule has 0 saturated heterocycles. The molecule has 4 rings (SSSR count). The second-order valence-corrected chi connectivity index (χ2v) is 6.52. The predicted octanol–water partition coefficient (Wildman–Crippen LogP) is 6.24. The summed E-state index contributed by atoms with van der Waals surface area (Å²) in [7, 11) is 0. The molecule has 1 heterocycles. The summed E-state index contributed by atoms with van der Waals surface area (Å²) in [5, 5.41) is 0. The Morgan fingerprint density at radius 2 is 1.04 bits per heavy atom. The molecule has 120 valence electrons. The van der Waals surface area contributed by atoms with Crippen molar-refractivity contribution in [1.29, 1.82) is 0 Å². The third-order valence-corrected chi connectivity index (χ3v) is 4.42. The Hall–Kier alpha value is -2.78. The molecule has 0 atom stereocenters. The van der Waals surface area contributed by atoms with Gasteiger partial charge in [0.1, 0.15) is 4.60 Å². The minimum atomic E-state index is 0.716. The van der Waals surface area contributed by atoms with Crippen LogP contribution >= 0.6 is 15.9 Å². The summed E-state index contributed by atoms with van der Waals surface area (Å²) in [6.07, 6.45) is 0. The number of aromatic nitrogens is 2. The molecule has 0 saturated carbocycles. The van der Waals surface area contributed by atoms with Gasteiger partial charge in [-0.2, -0.15) is 0 Å². The van der Waals surface area contributed by atoms with E-state index in [1.54, 1.807) is 0 Å². The van der Waals surface area contributed by atoms with Crippen molar-refractivity contribution in [3.05, 3.63) is 95.6 Å². The molecule has 0 bridgehead atoms. The van der Waals surface area contributed by atoms with Gasteiger partial charge >= 0.3 is 0 Å². The Balaban J connectivity index is 1.71. The Morgan fingerprint density at radius 3 is 1.68 bits per heavy atom. The molecule has 3 heteroatoms. The highest BCUT2D eigenvalue weighted by atomic mass is 79.9. The second kappa shape index (κ2) is 6.99. The average molecular weight is 387 g/mol. The molecule has 0 spiro atoms. The number of hydrogen-bond acceptors (Lipinski definition) is 2. The van der Waals surface area contributed by atoms with Crippen LogP contribution in [-0.2, 0) is 0 Å². The minimum absolute atomic E-state index is 0.716. The van der Waals surface area contributed by atoms with Crippen LogP contribution in [0.3, 0.4) is 0 Å². The van der Waals surface area contributed by atoms with Gasteiger partial charge in [0.25, 0.3) is 0 Å². The van der Waals surface area contributed by atoms with E-state index in [-0.39, 0.29) is 0 Å². The smallest absolute Gasteiger partial charge is 0.161 e. The van der Waals surface area contributed by atoms with Crippen LogP contribution in [0.25, 0.3) is 33.8 Å². The lowest BCUT2D eigenvalue weighted by atomic mass is 10.0. The monoisotopic (exact) mass is 386 g/mol. The van der Waals surface area contributed by atoms with Crippen molar-refractivity contribution < 1.29 is 0 Å². The molecule has 2 nitrogen and oxygen atoms in total. The van der Waals surface area contributed by atoms with Crippen LogP contribution in [0.15, 0.2) is 95.6 Å². The molecule has 4 aromatic rings. The van der Waals surface area contributed by atoms with Gasteiger partial charge in [-0.1, -0.05) is 84.9 Å². The van der Waals surface area contributed by atoms with Gasteiger partial charge in [0.05, 0.1) is 5.69 Å². The molecule has 1 aromatic heterocycles. The Morgan fingerprint density at radius 1 is 0.520 bits per heavy atom. The second-order valence-electron chi connectivity index (χ2n) is 5.71. The Labute approximate surface area is 155 Å². The lowest BCUT2D eigenvalue weighted by molar-refractivity contribution is 1.15. The van der Waals surface area contributed by atoms with Crippen LogP contribution in [-0.4, -0.2) is 9.97 Å². The van der Waals surface area contributed by atoms with Gasteiger partial charge < -0.3 is 0 Å². The molecule has 0 unspecified atom stereocenters. The average Bonchev–Trinajstić information content (AvgIpc) is 2.69. The summed E-state index contributed by atoms with van der Waals surface area (Å²) in [6, 6.07) is 30.8. The Bertz CT molecular complexity index is 981. The highest BCUT2D eigenvalue weighted by molar-refractivity contribution is 9.10. The first kappa shape index (κ1) is 15.7. The predicted molar refractivity (Wildman–Crippen MR) is 106 cm³/mol. The molecule has 0 aliphatic carbocycles. The van der Waals surface area contributed by atoms with Gasteiger partial charge in [-0.15, -0.1) is 0 Å². The SMILES string of the molecule is Brc1cc(-c2ccccc2)nc(-c2ccc(-c3ccccc3)cc2)n1. The Kier molecular flexibility index (Phi) is 4.40. The zero-order valence-corrected chi connectivity index (χ0v) is 15.0. The van der Waals surface area contributed by atoms with Crippen molar-refractivity contribution in [2.24, 2.45) is 0 Å². The van der Waals surface area contributed by atoms with E-state index in [9.17, 15) is 0 Å². The summed E-state index contributed by atoms with van der Waals surface area (Å²) < 4.78 is 0.781. The standard InChI is InChI=1S/C22H15BrN2/c23-21-15-20(18-9-5-2-6-10-18)24-22(25-21)19-13-11-17(12-14-19)16-7-3-1-4-8-16/h1-15H. The zero-order chi connectivity index (χ0) is 17.1. The maximum absolute atomic E-state index is 4.74. The number of hydrogen-bond donors (Lipinski definition) is 0. The van der Waals surface area contributed by atoms with Crippen LogP contribution in [0, 0.1) is 0 Å². The van der Waals surface area contributed by atoms with E-state index >= 15 is 0 Å². The van der Waals surface area contributed by atoms with Crippen molar-refractivity contribution in [3.63, 3.8) is 0 Å². The van der Waals surface area contributed by atoms with E-state index < -0.39 is 0 Å². The number of nitrogens with zero attached hydrogens (tertiary/aromatic N) is 2. The van der Waals surface area contributed by atoms with Gasteiger partial charge in [0, 0.05) is 11.1 Å². The van der Waals surface area contributed by atoms with Crippen molar-refractivity contribution in [2.45, 2.75) is 0 Å². The summed E-state index contributed by atoms with van der Waals surface area (Å²) in [6.45, 7) is 0. The molecule has 0 fully saturated rings. The highest BCUT2D eigenvalue weighted by Crippen LogP contribution is 2.26. The van der Waals surface area contributed by atoms with E-state index in [1.807, 2.05) is 42.5 Å². The first-order valence-electron chi connectivity index (χ1n) is 8.05. The lowest BCUT2D eigenvalue weighted by Crippen LogP contribution is -1.93. The van der Waals surface area contributed by atoms with E-state index in [1.165, 1.54) is 11.1 Å². The molecular weight excluding hydrogens is 372 g/mol. The first-order valence-corrected chi connectivity index (χ1v) is 8.85. The molecule has 0 aliphatic heterocycles. The van der Waals surface area contributed by atoms with Crippen LogP contribution < -0.4 is 0 Å². The molecule has 3 aromatic carbocycles. The van der Waals surface area contributed by atoms with Crippen molar-refractivity contribution in [2.75, 3.05) is 0 Å². The quantitative estimate of drug-likeness (QED) is 0.389. The largest absolute Gasteiger partial charge is 0.228 e. The van der Waals surface area contributed by atoms with Crippen LogP contribution in [0.2, 0.25) is 0 Å². The molecular formula is C22H15BrN2. The van der Waals surface area contributed by atoms with Crippen LogP contribution in [0.5, 0.6) is 0 Å². The van der Waals surface area contributed by atoms with E-state index in [4.69, 9.17) is 4.98 Å². The van der Waals surface area contributed by atoms with Gasteiger partial charge in [-0.25, -0.2) is 9.97 Å². The summed E-state index contributed by atoms with van der Waals surface area (Å²) >= 11 is 3.51. The van der Waals surface area contributed by atoms with Gasteiger partial charge in [-0.3, -0.25) is 0 Å². The van der Waals surface area contributed by atoms with Gasteiger partial charge in [0.15, 0.2) is 5.82 Å². The zero-order valence-electron chi connectivity index (χ0n) is 13.4. The van der Waals surface area contributed by atoms with E-state index in [0.717, 1.165) is 21.4 Å². The van der Waals surface area contributed by atoms with E-state index in [0.29, 0.717) is 5.82 Å². The van der Waals surface area contributed by atoms with E-state index in [2.05, 4.69) is 69.4 Å². The molecule has 0 amide bonds. The minimum Gasteiger partial charge on any atom is -0.228 e. The van der Waals surface area contributed by atoms with Crippen molar-refractivity contribution in [3.8, 4) is 33.8 Å². The third-order valence-electron chi connectivity index (χ3n) is 4.01. The van der Waals surface area contributed by atoms with Crippen molar-refractivity contribution in [1.82, 2.24) is 9.97 Å². The topological polar surface area (TPSA) is 25.8 Å². The van der Waals surface area contributed by atoms with Crippen molar-refractivity contribution >= 4 is 15.9 Å². The van der Waals surface area contributed by atoms with Gasteiger partial charge in [0.2, 0.25) is 0 Å². The number of rotatable bonds is 3. The summed E-state index contributed by atoms with van der Waals surface area (Å²) in [4.78, 5) is 9.27.